The van der Waals surface area contributed by atoms with Gasteiger partial charge in [-0.05, 0) is 0 Å². The lowest BCUT2D eigenvalue weighted by atomic mass is 10.2. The minimum absolute atomic E-state index is 0.0585. The molecule has 78 valence electrons. The highest BCUT2D eigenvalue weighted by atomic mass is 32.1. The third kappa shape index (κ3) is 3.01. The quantitative estimate of drug-likeness (QED) is 0.781. The molecule has 0 amide bonds. The minimum atomic E-state index is -0.944. The Balaban J connectivity index is 2.48. The van der Waals surface area contributed by atoms with Gasteiger partial charge in [0.25, 0.3) is 0 Å². The zero-order valence-corrected chi connectivity index (χ0v) is 8.58. The maximum Gasteiger partial charge on any atom is 0.346 e. The lowest BCUT2D eigenvalue weighted by molar-refractivity contribution is 0.0701. The van der Waals surface area contributed by atoms with Crippen LogP contribution >= 0.6 is 11.3 Å². The second-order valence-electron chi connectivity index (χ2n) is 3.05. The Hall–Kier alpha value is -1.07. The van der Waals surface area contributed by atoms with Crippen molar-refractivity contribution in [2.45, 2.75) is 6.92 Å². The number of hydrogen-bond donors (Lipinski definition) is 2. The van der Waals surface area contributed by atoms with E-state index in [0.717, 1.165) is 11.3 Å². The van der Waals surface area contributed by atoms with Gasteiger partial charge in [0.15, 0.2) is 0 Å². The van der Waals surface area contributed by atoms with Crippen molar-refractivity contribution in [3.8, 4) is 5.75 Å². The van der Waals surface area contributed by atoms with Crippen LogP contribution in [0.25, 0.3) is 0 Å². The van der Waals surface area contributed by atoms with Gasteiger partial charge in [0, 0.05) is 24.0 Å². The van der Waals surface area contributed by atoms with E-state index in [0.29, 0.717) is 12.4 Å². The van der Waals surface area contributed by atoms with Crippen molar-refractivity contribution in [2.24, 2.45) is 5.92 Å². The molecule has 0 saturated carbocycles. The van der Waals surface area contributed by atoms with Crippen LogP contribution in [-0.2, 0) is 0 Å². The molecule has 1 unspecified atom stereocenters. The third-order valence-corrected chi connectivity index (χ3v) is 2.53. The third-order valence-electron chi connectivity index (χ3n) is 1.63. The number of carboxylic acids is 1. The summed E-state index contributed by atoms with van der Waals surface area (Å²) in [5.74, 6) is -0.337. The monoisotopic (exact) mass is 216 g/mol. The van der Waals surface area contributed by atoms with E-state index in [1.54, 1.807) is 5.38 Å². The largest absolute Gasteiger partial charge is 0.492 e. The molecule has 0 radical (unpaired) electrons. The summed E-state index contributed by atoms with van der Waals surface area (Å²) in [4.78, 5) is 10.8. The van der Waals surface area contributed by atoms with Gasteiger partial charge in [0.1, 0.15) is 10.6 Å². The molecule has 14 heavy (non-hydrogen) atoms. The Morgan fingerprint density at radius 1 is 1.71 bits per heavy atom. The van der Waals surface area contributed by atoms with Crippen LogP contribution in [0.5, 0.6) is 5.75 Å². The predicted octanol–water partition coefficient (Wildman–Crippen LogP) is 1.45. The molecule has 0 bridgehead atoms. The summed E-state index contributed by atoms with van der Waals surface area (Å²) in [6.07, 6.45) is 0. The molecule has 0 aliphatic carbocycles. The van der Waals surface area contributed by atoms with Crippen molar-refractivity contribution in [3.63, 3.8) is 0 Å². The standard InChI is InChI=1S/C9H12O4S/c1-6(3-10)4-13-7-2-8(9(11)12)14-5-7/h2,5-6,10H,3-4H2,1H3,(H,11,12). The smallest absolute Gasteiger partial charge is 0.346 e. The van der Waals surface area contributed by atoms with Crippen molar-refractivity contribution >= 4 is 17.3 Å². The number of ether oxygens (including phenoxy) is 1. The van der Waals surface area contributed by atoms with Gasteiger partial charge in [-0.3, -0.25) is 0 Å². The van der Waals surface area contributed by atoms with E-state index in [9.17, 15) is 4.79 Å². The molecule has 0 aliphatic heterocycles. The van der Waals surface area contributed by atoms with Crippen LogP contribution in [0.1, 0.15) is 16.6 Å². The molecule has 0 aliphatic rings. The molecule has 0 fully saturated rings. The summed E-state index contributed by atoms with van der Waals surface area (Å²) in [5.41, 5.74) is 0. The second kappa shape index (κ2) is 4.97. The van der Waals surface area contributed by atoms with Gasteiger partial charge in [0.05, 0.1) is 6.61 Å². The molecule has 4 nitrogen and oxygen atoms in total. The number of carbonyl (C=O) groups is 1. The molecule has 1 heterocycles. The van der Waals surface area contributed by atoms with Crippen LogP contribution in [0.2, 0.25) is 0 Å². The summed E-state index contributed by atoms with van der Waals surface area (Å²) in [6.45, 7) is 2.31. The van der Waals surface area contributed by atoms with E-state index in [4.69, 9.17) is 14.9 Å². The molecule has 0 saturated heterocycles. The summed E-state index contributed by atoms with van der Waals surface area (Å²) in [7, 11) is 0. The Morgan fingerprint density at radius 2 is 2.43 bits per heavy atom. The van der Waals surface area contributed by atoms with Gasteiger partial charge in [0.2, 0.25) is 0 Å². The van der Waals surface area contributed by atoms with Gasteiger partial charge in [-0.2, -0.15) is 0 Å². The fourth-order valence-corrected chi connectivity index (χ4v) is 1.46. The topological polar surface area (TPSA) is 66.8 Å². The Bertz CT molecular complexity index is 308. The highest BCUT2D eigenvalue weighted by molar-refractivity contribution is 7.12. The first kappa shape index (κ1) is 11.0. The highest BCUT2D eigenvalue weighted by Gasteiger charge is 2.08. The van der Waals surface area contributed by atoms with Gasteiger partial charge < -0.3 is 14.9 Å². The molecule has 1 rings (SSSR count). The molecule has 0 aromatic carbocycles. The fraction of sp³-hybridized carbons (Fsp3) is 0.444. The van der Waals surface area contributed by atoms with E-state index < -0.39 is 5.97 Å². The normalized spacial score (nSPS) is 12.4. The van der Waals surface area contributed by atoms with Gasteiger partial charge in [-0.15, -0.1) is 11.3 Å². The first-order valence-electron chi connectivity index (χ1n) is 4.19. The number of aliphatic hydroxyl groups is 1. The molecule has 2 N–H and O–H groups in total. The summed E-state index contributed by atoms with van der Waals surface area (Å²) in [6, 6.07) is 1.48. The van der Waals surface area contributed by atoms with E-state index in [1.165, 1.54) is 6.07 Å². The average Bonchev–Trinajstić information content (AvgIpc) is 2.62. The minimum Gasteiger partial charge on any atom is -0.492 e. The summed E-state index contributed by atoms with van der Waals surface area (Å²) >= 11 is 1.13. The molecule has 1 atom stereocenters. The Morgan fingerprint density at radius 3 is 2.93 bits per heavy atom. The van der Waals surface area contributed by atoms with Gasteiger partial charge >= 0.3 is 5.97 Å². The molecule has 1 aromatic heterocycles. The van der Waals surface area contributed by atoms with E-state index in [2.05, 4.69) is 0 Å². The Kier molecular flexibility index (Phi) is 3.91. The lowest BCUT2D eigenvalue weighted by Gasteiger charge is -2.07. The fourth-order valence-electron chi connectivity index (χ4n) is 0.798. The van der Waals surface area contributed by atoms with Crippen LogP contribution in [0.4, 0.5) is 0 Å². The van der Waals surface area contributed by atoms with E-state index >= 15 is 0 Å². The van der Waals surface area contributed by atoms with Crippen molar-refractivity contribution in [2.75, 3.05) is 13.2 Å². The van der Waals surface area contributed by atoms with Crippen molar-refractivity contribution in [1.29, 1.82) is 0 Å². The van der Waals surface area contributed by atoms with Crippen molar-refractivity contribution < 1.29 is 19.7 Å². The van der Waals surface area contributed by atoms with E-state index in [-0.39, 0.29) is 17.4 Å². The number of carboxylic acid groups (broad SMARTS) is 1. The molecule has 0 spiro atoms. The van der Waals surface area contributed by atoms with Crippen LogP contribution in [-0.4, -0.2) is 29.4 Å². The van der Waals surface area contributed by atoms with Crippen LogP contribution in [0.3, 0.4) is 0 Å². The van der Waals surface area contributed by atoms with Crippen molar-refractivity contribution in [1.82, 2.24) is 0 Å². The highest BCUT2D eigenvalue weighted by Crippen LogP contribution is 2.21. The van der Waals surface area contributed by atoms with Crippen molar-refractivity contribution in [3.05, 3.63) is 16.3 Å². The number of rotatable bonds is 5. The maximum absolute atomic E-state index is 10.5. The van der Waals surface area contributed by atoms with Gasteiger partial charge in [-0.25, -0.2) is 4.79 Å². The maximum atomic E-state index is 10.5. The zero-order chi connectivity index (χ0) is 10.6. The number of aromatic carboxylic acids is 1. The molecule has 5 heteroatoms. The predicted molar refractivity (Wildman–Crippen MR) is 53.0 cm³/mol. The number of hydrogen-bond acceptors (Lipinski definition) is 4. The van der Waals surface area contributed by atoms with Crippen LogP contribution in [0.15, 0.2) is 11.4 Å². The summed E-state index contributed by atoms with van der Waals surface area (Å²) < 4.78 is 5.28. The Labute approximate surface area is 85.8 Å². The molecular weight excluding hydrogens is 204 g/mol. The van der Waals surface area contributed by atoms with Gasteiger partial charge in [-0.1, -0.05) is 6.92 Å². The number of aliphatic hydroxyl groups excluding tert-OH is 1. The number of thiophene rings is 1. The average molecular weight is 216 g/mol. The lowest BCUT2D eigenvalue weighted by Crippen LogP contribution is -2.11. The first-order valence-corrected chi connectivity index (χ1v) is 5.07. The SMILES string of the molecule is CC(CO)COc1csc(C(=O)O)c1. The zero-order valence-electron chi connectivity index (χ0n) is 7.77. The van der Waals surface area contributed by atoms with Crippen LogP contribution < -0.4 is 4.74 Å². The molecular formula is C9H12O4S. The molecule has 1 aromatic rings. The first-order chi connectivity index (χ1) is 6.63. The van der Waals surface area contributed by atoms with E-state index in [1.807, 2.05) is 6.92 Å². The summed E-state index contributed by atoms with van der Waals surface area (Å²) in [5, 5.41) is 19.0. The van der Waals surface area contributed by atoms with Crippen LogP contribution in [0, 0.1) is 5.92 Å². The second-order valence-corrected chi connectivity index (χ2v) is 3.96.